The van der Waals surface area contributed by atoms with E-state index in [9.17, 15) is 14.3 Å². The molecule has 0 radical (unpaired) electrons. The van der Waals surface area contributed by atoms with Crippen LogP contribution in [0.15, 0.2) is 24.5 Å². The van der Waals surface area contributed by atoms with E-state index in [0.717, 1.165) is 31.9 Å². The molecule has 3 fully saturated rings. The molecule has 3 N–H and O–H groups in total. The number of hydrogen-bond acceptors (Lipinski definition) is 6. The molecule has 3 heterocycles. The maximum Gasteiger partial charge on any atom is 0.308 e. The van der Waals surface area contributed by atoms with Crippen LogP contribution in [-0.2, 0) is 4.79 Å². The zero-order valence-electron chi connectivity index (χ0n) is 17.0. The molecular weight excluding hydrogens is 387 g/mol. The van der Waals surface area contributed by atoms with E-state index in [1.165, 1.54) is 6.07 Å². The highest BCUT2D eigenvalue weighted by Crippen LogP contribution is 2.46. The summed E-state index contributed by atoms with van der Waals surface area (Å²) in [6.07, 6.45) is 6.75. The van der Waals surface area contributed by atoms with Gasteiger partial charge < -0.3 is 10.4 Å². The van der Waals surface area contributed by atoms with E-state index < -0.39 is 17.7 Å². The van der Waals surface area contributed by atoms with E-state index >= 15 is 0 Å². The number of H-pyrrole nitrogens is 1. The second-order valence-corrected chi connectivity index (χ2v) is 7.60. The molecule has 3 aliphatic carbocycles. The molecule has 1 unspecified atom stereocenters. The van der Waals surface area contributed by atoms with E-state index in [0.29, 0.717) is 34.3 Å². The lowest BCUT2D eigenvalue weighted by Crippen LogP contribution is -2.51. The van der Waals surface area contributed by atoms with Gasteiger partial charge in [-0.25, -0.2) is 19.3 Å². The van der Waals surface area contributed by atoms with E-state index in [1.54, 1.807) is 12.3 Å². The average molecular weight is 412 g/mol. The van der Waals surface area contributed by atoms with Gasteiger partial charge in [-0.3, -0.25) is 9.89 Å². The Balaban J connectivity index is 0.00000106. The van der Waals surface area contributed by atoms with Gasteiger partial charge in [0.1, 0.15) is 17.3 Å². The highest BCUT2D eigenvalue weighted by Gasteiger charge is 2.47. The summed E-state index contributed by atoms with van der Waals surface area (Å²) in [4.78, 5) is 24.6. The minimum Gasteiger partial charge on any atom is -0.481 e. The zero-order valence-corrected chi connectivity index (χ0v) is 17.0. The van der Waals surface area contributed by atoms with Gasteiger partial charge in [0.05, 0.1) is 17.5 Å². The van der Waals surface area contributed by atoms with Crippen LogP contribution in [0.4, 0.5) is 10.2 Å². The SMILES string of the molecule is CC.O=C(O)[C@H]1C2CCC(CC2)C1Nc1ccnc(-c2[nH]nc3ncc(F)cc23)n1. The molecule has 0 aromatic carbocycles. The van der Waals surface area contributed by atoms with Gasteiger partial charge in [-0.05, 0) is 49.7 Å². The van der Waals surface area contributed by atoms with Crippen molar-refractivity contribution in [2.24, 2.45) is 17.8 Å². The molecule has 3 aliphatic rings. The lowest BCUT2D eigenvalue weighted by Gasteiger charge is -2.47. The number of hydrogen-bond donors (Lipinski definition) is 3. The summed E-state index contributed by atoms with van der Waals surface area (Å²) in [5.41, 5.74) is 0.861. The molecule has 3 aromatic heterocycles. The monoisotopic (exact) mass is 412 g/mol. The molecule has 2 atom stereocenters. The van der Waals surface area contributed by atoms with E-state index in [4.69, 9.17) is 0 Å². The largest absolute Gasteiger partial charge is 0.481 e. The Hall–Kier alpha value is -3.10. The standard InChI is InChI=1S/C19H19FN6O2.C2H6/c20-11-7-12-16(25-26-17(12)22-8-11)18-21-6-5-13(24-18)23-15-10-3-1-9(2-4-10)14(15)19(27)28;1-2/h5-10,14-15H,1-4H2,(H,27,28)(H,21,23,24)(H,22,25,26);1-2H3/t9?,10?,14-,15?;/m0./s1. The Morgan fingerprint density at radius 2 is 1.93 bits per heavy atom. The van der Waals surface area contributed by atoms with Crippen molar-refractivity contribution in [3.05, 3.63) is 30.3 Å². The predicted molar refractivity (Wildman–Crippen MR) is 110 cm³/mol. The van der Waals surface area contributed by atoms with Gasteiger partial charge in [0.25, 0.3) is 0 Å². The van der Waals surface area contributed by atoms with Gasteiger partial charge in [0.2, 0.25) is 0 Å². The van der Waals surface area contributed by atoms with Crippen molar-refractivity contribution in [2.45, 2.75) is 45.6 Å². The predicted octanol–water partition coefficient (Wildman–Crippen LogP) is 3.88. The molecule has 3 aromatic rings. The molecule has 30 heavy (non-hydrogen) atoms. The Bertz CT molecular complexity index is 1050. The number of rotatable bonds is 4. The summed E-state index contributed by atoms with van der Waals surface area (Å²) in [6, 6.07) is 2.91. The van der Waals surface area contributed by atoms with Gasteiger partial charge in [-0.2, -0.15) is 5.10 Å². The molecule has 6 rings (SSSR count). The molecule has 0 spiro atoms. The maximum atomic E-state index is 13.6. The van der Waals surface area contributed by atoms with Crippen LogP contribution in [0, 0.1) is 23.6 Å². The maximum absolute atomic E-state index is 13.6. The van der Waals surface area contributed by atoms with Crippen LogP contribution >= 0.6 is 0 Å². The highest BCUT2D eigenvalue weighted by atomic mass is 19.1. The van der Waals surface area contributed by atoms with Crippen molar-refractivity contribution in [3.8, 4) is 11.5 Å². The molecule has 0 saturated heterocycles. The quantitative estimate of drug-likeness (QED) is 0.595. The molecule has 8 nitrogen and oxygen atoms in total. The Kier molecular flexibility index (Phi) is 5.61. The molecule has 3 saturated carbocycles. The van der Waals surface area contributed by atoms with Gasteiger partial charge in [-0.15, -0.1) is 0 Å². The number of pyridine rings is 1. The summed E-state index contributed by atoms with van der Waals surface area (Å²) in [5.74, 6) is -0.164. The molecule has 158 valence electrons. The van der Waals surface area contributed by atoms with E-state index in [-0.39, 0.29) is 12.0 Å². The number of fused-ring (bicyclic) bond motifs is 4. The van der Waals surface area contributed by atoms with Crippen molar-refractivity contribution >= 4 is 22.8 Å². The van der Waals surface area contributed by atoms with Crippen LogP contribution in [0.2, 0.25) is 0 Å². The minimum absolute atomic E-state index is 0.148. The van der Waals surface area contributed by atoms with Gasteiger partial charge in [-0.1, -0.05) is 13.8 Å². The van der Waals surface area contributed by atoms with Crippen LogP contribution in [0.1, 0.15) is 39.5 Å². The number of carboxylic acids is 1. The van der Waals surface area contributed by atoms with Crippen LogP contribution in [0.3, 0.4) is 0 Å². The number of halogens is 1. The van der Waals surface area contributed by atoms with Crippen LogP contribution < -0.4 is 5.32 Å². The van der Waals surface area contributed by atoms with Gasteiger partial charge in [0, 0.05) is 12.2 Å². The topological polar surface area (TPSA) is 117 Å². The summed E-state index contributed by atoms with van der Waals surface area (Å²) in [6.45, 7) is 4.00. The number of anilines is 1. The first-order valence-corrected chi connectivity index (χ1v) is 10.4. The normalized spacial score (nSPS) is 24.9. The first-order valence-electron chi connectivity index (χ1n) is 10.4. The fraction of sp³-hybridized carbons (Fsp3) is 0.476. The zero-order chi connectivity index (χ0) is 21.3. The Morgan fingerprint density at radius 3 is 2.67 bits per heavy atom. The lowest BCUT2D eigenvalue weighted by atomic mass is 9.61. The fourth-order valence-electron chi connectivity index (χ4n) is 4.79. The summed E-state index contributed by atoms with van der Waals surface area (Å²) >= 11 is 0. The number of carbonyl (C=O) groups is 1. The van der Waals surface area contributed by atoms with Crippen LogP contribution in [0.25, 0.3) is 22.6 Å². The number of aromatic nitrogens is 5. The third kappa shape index (κ3) is 3.59. The van der Waals surface area contributed by atoms with Crippen molar-refractivity contribution in [1.82, 2.24) is 25.1 Å². The first kappa shape index (κ1) is 20.2. The highest BCUT2D eigenvalue weighted by molar-refractivity contribution is 5.88. The molecule has 0 amide bonds. The van der Waals surface area contributed by atoms with Gasteiger partial charge in [0.15, 0.2) is 11.5 Å². The first-order chi connectivity index (χ1) is 14.6. The van der Waals surface area contributed by atoms with Crippen LogP contribution in [-0.4, -0.2) is 42.3 Å². The number of nitrogens with zero attached hydrogens (tertiary/aromatic N) is 4. The Labute approximate surface area is 173 Å². The van der Waals surface area contributed by atoms with Crippen molar-refractivity contribution < 1.29 is 14.3 Å². The lowest BCUT2D eigenvalue weighted by molar-refractivity contribution is -0.148. The van der Waals surface area contributed by atoms with E-state index in [2.05, 4.69) is 30.5 Å². The average Bonchev–Trinajstić information content (AvgIpc) is 3.19. The molecule has 2 bridgehead atoms. The summed E-state index contributed by atoms with van der Waals surface area (Å²) in [7, 11) is 0. The number of carboxylic acid groups (broad SMARTS) is 1. The molecular formula is C21H25FN6O2. The van der Waals surface area contributed by atoms with Gasteiger partial charge >= 0.3 is 5.97 Å². The fourth-order valence-corrected chi connectivity index (χ4v) is 4.79. The molecule has 9 heteroatoms. The third-order valence-electron chi connectivity index (χ3n) is 6.07. The van der Waals surface area contributed by atoms with Crippen molar-refractivity contribution in [2.75, 3.05) is 5.32 Å². The van der Waals surface area contributed by atoms with Crippen molar-refractivity contribution in [1.29, 1.82) is 0 Å². The third-order valence-corrected chi connectivity index (χ3v) is 6.07. The smallest absolute Gasteiger partial charge is 0.308 e. The van der Waals surface area contributed by atoms with Crippen molar-refractivity contribution in [3.63, 3.8) is 0 Å². The van der Waals surface area contributed by atoms with E-state index in [1.807, 2.05) is 13.8 Å². The second kappa shape index (κ2) is 8.33. The minimum atomic E-state index is -0.748. The summed E-state index contributed by atoms with van der Waals surface area (Å²) in [5, 5.41) is 20.5. The number of aromatic amines is 1. The molecule has 0 aliphatic heterocycles. The second-order valence-electron chi connectivity index (χ2n) is 7.60. The summed E-state index contributed by atoms with van der Waals surface area (Å²) < 4.78 is 13.6. The number of aliphatic carboxylic acids is 1. The number of nitrogens with one attached hydrogen (secondary N) is 2. The Morgan fingerprint density at radius 1 is 1.20 bits per heavy atom. The van der Waals surface area contributed by atoms with Crippen LogP contribution in [0.5, 0.6) is 0 Å².